The molecule has 0 spiro atoms. The van der Waals surface area contributed by atoms with Crippen molar-refractivity contribution in [2.45, 2.75) is 26.2 Å². The second kappa shape index (κ2) is 4.10. The lowest BCUT2D eigenvalue weighted by Crippen LogP contribution is -2.42. The van der Waals surface area contributed by atoms with E-state index in [2.05, 4.69) is 25.9 Å². The van der Waals surface area contributed by atoms with Crippen molar-refractivity contribution in [1.82, 2.24) is 5.10 Å². The molecule has 0 amide bonds. The molecule has 6 heteroatoms. The van der Waals surface area contributed by atoms with E-state index in [0.717, 1.165) is 5.69 Å². The summed E-state index contributed by atoms with van der Waals surface area (Å²) >= 11 is 4.81. The van der Waals surface area contributed by atoms with Crippen LogP contribution in [0.2, 0.25) is 0 Å². The number of rotatable bonds is 1. The molecule has 0 saturated carbocycles. The molecule has 0 saturated heterocycles. The van der Waals surface area contributed by atoms with Crippen LogP contribution in [0.4, 0.5) is 5.82 Å². The first-order valence-electron chi connectivity index (χ1n) is 4.86. The Morgan fingerprint density at radius 3 is 2.50 bits per heavy atom. The van der Waals surface area contributed by atoms with Crippen molar-refractivity contribution in [1.29, 1.82) is 5.26 Å². The number of thiocarbonyl (C=S) groups is 1. The van der Waals surface area contributed by atoms with Crippen LogP contribution in [0.5, 0.6) is 0 Å². The first-order chi connectivity index (χ1) is 7.27. The average molecular weight is 238 g/mol. The van der Waals surface area contributed by atoms with Crippen LogP contribution >= 0.6 is 12.2 Å². The highest BCUT2D eigenvalue weighted by molar-refractivity contribution is 7.80. The smallest absolute Gasteiger partial charge is 0.319 e. The molecule has 1 heterocycles. The lowest BCUT2D eigenvalue weighted by Gasteiger charge is -2.13. The van der Waals surface area contributed by atoms with Crippen LogP contribution in [0.15, 0.2) is 6.07 Å². The van der Waals surface area contributed by atoms with Gasteiger partial charge >= 0.3 is 5.82 Å². The molecule has 0 aromatic carbocycles. The quantitative estimate of drug-likeness (QED) is 0.326. The van der Waals surface area contributed by atoms with Gasteiger partial charge < -0.3 is 5.73 Å². The van der Waals surface area contributed by atoms with Gasteiger partial charge in [-0.05, 0) is 12.2 Å². The third-order valence-corrected chi connectivity index (χ3v) is 2.45. The molecular weight excluding hydrogens is 222 g/mol. The molecule has 16 heavy (non-hydrogen) atoms. The van der Waals surface area contributed by atoms with Gasteiger partial charge in [0.15, 0.2) is 0 Å². The summed E-state index contributed by atoms with van der Waals surface area (Å²) in [4.78, 5) is 1.21. The number of nitriles is 1. The Morgan fingerprint density at radius 1 is 1.62 bits per heavy atom. The number of nitrogens with two attached hydrogens (primary N) is 1. The molecule has 0 atom stereocenters. The Labute approximate surface area is 100 Å². The SMILES string of the molecule is C[n+]1[nH]c(C(C)(C)C)cc1N(C#N)C(N)=S. The van der Waals surface area contributed by atoms with Crippen LogP contribution < -0.4 is 15.3 Å². The van der Waals surface area contributed by atoms with Crippen molar-refractivity contribution in [3.63, 3.8) is 0 Å². The molecule has 0 fully saturated rings. The Bertz CT molecular complexity index is 449. The number of nitrogens with one attached hydrogen (secondary N) is 1. The zero-order valence-corrected chi connectivity index (χ0v) is 10.7. The highest BCUT2D eigenvalue weighted by Gasteiger charge is 2.27. The number of H-pyrrole nitrogens is 1. The number of hydrogen-bond acceptors (Lipinski definition) is 2. The maximum atomic E-state index is 8.97. The topological polar surface area (TPSA) is 72.7 Å². The van der Waals surface area contributed by atoms with Gasteiger partial charge in [-0.15, -0.1) is 5.26 Å². The second-order valence-electron chi connectivity index (χ2n) is 4.61. The van der Waals surface area contributed by atoms with Gasteiger partial charge in [0.2, 0.25) is 0 Å². The number of anilines is 1. The largest absolute Gasteiger partial charge is 0.356 e. The third-order valence-electron chi connectivity index (χ3n) is 2.26. The van der Waals surface area contributed by atoms with Crippen molar-refractivity contribution in [2.75, 3.05) is 4.90 Å². The first-order valence-corrected chi connectivity index (χ1v) is 5.27. The van der Waals surface area contributed by atoms with Crippen molar-refractivity contribution < 1.29 is 4.68 Å². The Morgan fingerprint density at radius 2 is 2.19 bits per heavy atom. The van der Waals surface area contributed by atoms with Gasteiger partial charge in [-0.3, -0.25) is 0 Å². The van der Waals surface area contributed by atoms with Gasteiger partial charge in [0.05, 0.1) is 11.8 Å². The molecule has 1 rings (SSSR count). The van der Waals surface area contributed by atoms with Gasteiger partial charge in [0, 0.05) is 5.41 Å². The fraction of sp³-hybridized carbons (Fsp3) is 0.500. The summed E-state index contributed by atoms with van der Waals surface area (Å²) in [5.41, 5.74) is 6.47. The van der Waals surface area contributed by atoms with E-state index < -0.39 is 0 Å². The monoisotopic (exact) mass is 238 g/mol. The normalized spacial score (nSPS) is 10.9. The summed E-state index contributed by atoms with van der Waals surface area (Å²) in [6.07, 6.45) is 1.95. The molecule has 1 aromatic heterocycles. The molecule has 3 N–H and O–H groups in total. The molecular formula is C10H16N5S+. The number of hydrogen-bond donors (Lipinski definition) is 2. The van der Waals surface area contributed by atoms with E-state index in [1.54, 1.807) is 4.68 Å². The van der Waals surface area contributed by atoms with Crippen LogP contribution in [0.1, 0.15) is 26.5 Å². The minimum atomic E-state index is -0.0205. The standard InChI is InChI=1S/C10H15N5S/c1-10(2,3)7-5-8(14(4)13-7)15(6-11)9(12)16/h5H,1-4H3,(H2,12,16)/p+1. The number of aryl methyl sites for hydroxylation is 1. The Hall–Kier alpha value is -1.61. The first kappa shape index (κ1) is 12.5. The van der Waals surface area contributed by atoms with Gasteiger partial charge in [-0.25, -0.2) is 5.10 Å². The van der Waals surface area contributed by atoms with Crippen LogP contribution in [0.3, 0.4) is 0 Å². The van der Waals surface area contributed by atoms with Gasteiger partial charge in [-0.1, -0.05) is 25.7 Å². The highest BCUT2D eigenvalue weighted by atomic mass is 32.1. The predicted octanol–water partition coefficient (Wildman–Crippen LogP) is 0.668. The molecule has 86 valence electrons. The van der Waals surface area contributed by atoms with E-state index in [9.17, 15) is 0 Å². The Balaban J connectivity index is 3.22. The molecule has 0 radical (unpaired) electrons. The molecule has 0 aliphatic carbocycles. The predicted molar refractivity (Wildman–Crippen MR) is 65.5 cm³/mol. The molecule has 5 nitrogen and oxygen atoms in total. The van der Waals surface area contributed by atoms with Gasteiger partial charge in [-0.2, -0.15) is 4.68 Å². The van der Waals surface area contributed by atoms with E-state index >= 15 is 0 Å². The van der Waals surface area contributed by atoms with Gasteiger partial charge in [0.1, 0.15) is 7.05 Å². The zero-order valence-electron chi connectivity index (χ0n) is 9.90. The maximum absolute atomic E-state index is 8.97. The average Bonchev–Trinajstić information content (AvgIpc) is 2.48. The summed E-state index contributed by atoms with van der Waals surface area (Å²) in [7, 11) is 1.81. The summed E-state index contributed by atoms with van der Waals surface area (Å²) in [5.74, 6) is 0.639. The van der Waals surface area contributed by atoms with Crippen LogP contribution in [-0.4, -0.2) is 10.2 Å². The van der Waals surface area contributed by atoms with Crippen LogP contribution in [0.25, 0.3) is 0 Å². The number of nitrogens with zero attached hydrogens (tertiary/aromatic N) is 3. The van der Waals surface area contributed by atoms with E-state index in [0.29, 0.717) is 5.82 Å². The fourth-order valence-corrected chi connectivity index (χ4v) is 1.44. The summed E-state index contributed by atoms with van der Waals surface area (Å²) in [5, 5.41) is 12.2. The molecule has 0 bridgehead atoms. The van der Waals surface area contributed by atoms with Gasteiger partial charge in [0.25, 0.3) is 11.3 Å². The van der Waals surface area contributed by atoms with Crippen LogP contribution in [0, 0.1) is 11.5 Å². The Kier molecular flexibility index (Phi) is 3.19. The molecule has 0 aliphatic heterocycles. The van der Waals surface area contributed by atoms with Crippen LogP contribution in [-0.2, 0) is 12.5 Å². The zero-order chi connectivity index (χ0) is 12.5. The lowest BCUT2D eigenvalue weighted by molar-refractivity contribution is -0.714. The number of aromatic amines is 1. The second-order valence-corrected chi connectivity index (χ2v) is 5.03. The van der Waals surface area contributed by atoms with E-state index in [1.165, 1.54) is 4.90 Å². The highest BCUT2D eigenvalue weighted by Crippen LogP contribution is 2.22. The summed E-state index contributed by atoms with van der Waals surface area (Å²) < 4.78 is 1.73. The minimum absolute atomic E-state index is 0.0205. The van der Waals surface area contributed by atoms with Crippen molar-refractivity contribution in [3.05, 3.63) is 11.8 Å². The minimum Gasteiger partial charge on any atom is -0.356 e. The van der Waals surface area contributed by atoms with Crippen molar-refractivity contribution in [2.24, 2.45) is 12.8 Å². The molecule has 0 aliphatic rings. The number of aromatic nitrogens is 2. The van der Waals surface area contributed by atoms with E-state index in [-0.39, 0.29) is 10.5 Å². The maximum Gasteiger partial charge on any atom is 0.319 e. The third kappa shape index (κ3) is 2.31. The molecule has 0 unspecified atom stereocenters. The van der Waals surface area contributed by atoms with Crippen molar-refractivity contribution in [3.8, 4) is 6.19 Å². The van der Waals surface area contributed by atoms with Crippen molar-refractivity contribution >= 4 is 23.1 Å². The summed E-state index contributed by atoms with van der Waals surface area (Å²) in [6.45, 7) is 6.25. The lowest BCUT2D eigenvalue weighted by atomic mass is 9.92. The summed E-state index contributed by atoms with van der Waals surface area (Å²) in [6, 6.07) is 1.88. The van der Waals surface area contributed by atoms with E-state index in [4.69, 9.17) is 23.2 Å². The fourth-order valence-electron chi connectivity index (χ4n) is 1.31. The van der Waals surface area contributed by atoms with E-state index in [1.807, 2.05) is 19.3 Å². The molecule has 1 aromatic rings.